The number of nitrogens with zero attached hydrogens (tertiary/aromatic N) is 2. The van der Waals surface area contributed by atoms with Gasteiger partial charge in [0.25, 0.3) is 10.0 Å². The molecule has 0 spiro atoms. The molecule has 0 bridgehead atoms. The SMILES string of the molecule is C[C@@H](O)[C@H]1C(=O)N2C(C(=O)O)=C(S[C@@H]3CN[C@H](C(=O)NCc4nc(S(N)(=O)=O)cs4)C3)[C@H](C)[C@H]12. The van der Waals surface area contributed by atoms with Crippen LogP contribution in [0, 0.1) is 11.8 Å². The Hall–Kier alpha value is -2.04. The normalized spacial score (nSPS) is 29.7. The molecule has 2 saturated heterocycles. The average Bonchev–Trinajstić information content (AvgIpc) is 3.44. The van der Waals surface area contributed by atoms with Gasteiger partial charge in [-0.2, -0.15) is 0 Å². The van der Waals surface area contributed by atoms with Crippen molar-refractivity contribution in [3.63, 3.8) is 0 Å². The van der Waals surface area contributed by atoms with Gasteiger partial charge in [-0.25, -0.2) is 23.3 Å². The highest BCUT2D eigenvalue weighted by Crippen LogP contribution is 2.51. The van der Waals surface area contributed by atoms with E-state index in [0.29, 0.717) is 22.9 Å². The number of primary sulfonamides is 1. The van der Waals surface area contributed by atoms with Gasteiger partial charge >= 0.3 is 5.97 Å². The number of nitrogens with one attached hydrogen (secondary N) is 2. The van der Waals surface area contributed by atoms with Crippen LogP contribution in [0.3, 0.4) is 0 Å². The van der Waals surface area contributed by atoms with E-state index >= 15 is 0 Å². The maximum Gasteiger partial charge on any atom is 0.353 e. The van der Waals surface area contributed by atoms with Crippen LogP contribution in [-0.2, 0) is 31.0 Å². The Kier molecular flexibility index (Phi) is 6.78. The minimum absolute atomic E-state index is 0.0354. The zero-order valence-corrected chi connectivity index (χ0v) is 20.7. The number of amides is 2. The van der Waals surface area contributed by atoms with Crippen molar-refractivity contribution in [2.45, 2.75) is 55.3 Å². The third-order valence-electron chi connectivity index (χ3n) is 6.25. The molecule has 2 amide bonds. The number of sulfonamides is 1. The summed E-state index contributed by atoms with van der Waals surface area (Å²) >= 11 is 2.43. The lowest BCUT2D eigenvalue weighted by Gasteiger charge is -2.46. The Balaban J connectivity index is 1.37. The molecule has 3 aliphatic rings. The first-order valence-electron chi connectivity index (χ1n) is 10.5. The van der Waals surface area contributed by atoms with E-state index in [4.69, 9.17) is 5.14 Å². The summed E-state index contributed by atoms with van der Waals surface area (Å²) in [5, 5.41) is 32.0. The summed E-state index contributed by atoms with van der Waals surface area (Å²) < 4.78 is 22.6. The number of carboxylic acid groups (broad SMARTS) is 1. The summed E-state index contributed by atoms with van der Waals surface area (Å²) in [5.41, 5.74) is -0.0354. The number of fused-ring (bicyclic) bond motifs is 1. The number of aliphatic hydroxyl groups excluding tert-OH is 1. The lowest BCUT2D eigenvalue weighted by Crippen LogP contribution is -2.63. The number of carbonyl (C=O) groups excluding carboxylic acids is 2. The number of aromatic nitrogens is 1. The standard InChI is InChI=1S/C19H25N5O7S3/c1-7-14-13(8(2)25)18(27)24(14)15(19(28)29)16(7)33-9-3-10(21-4-9)17(26)22-5-11-23-12(6-32-11)34(20,30)31/h6-10,13-14,21,25H,3-5H2,1-2H3,(H,22,26)(H,28,29)(H2,20,30,31)/t7-,8-,9+,10+,13-,14-/m1/s1. The Morgan fingerprint density at radius 3 is 2.76 bits per heavy atom. The largest absolute Gasteiger partial charge is 0.477 e. The van der Waals surface area contributed by atoms with E-state index in [9.17, 15) is 33.0 Å². The first kappa shape index (κ1) is 25.1. The van der Waals surface area contributed by atoms with Crippen LogP contribution in [0.15, 0.2) is 21.0 Å². The van der Waals surface area contributed by atoms with E-state index in [-0.39, 0.29) is 46.3 Å². The molecule has 6 N–H and O–H groups in total. The van der Waals surface area contributed by atoms with Gasteiger partial charge < -0.3 is 25.7 Å². The number of thioether (sulfide) groups is 1. The molecule has 15 heteroatoms. The fourth-order valence-corrected chi connectivity index (χ4v) is 7.69. The van der Waals surface area contributed by atoms with Crippen molar-refractivity contribution in [2.24, 2.45) is 17.0 Å². The number of carboxylic acids is 1. The van der Waals surface area contributed by atoms with Crippen LogP contribution >= 0.6 is 23.1 Å². The van der Waals surface area contributed by atoms with Crippen molar-refractivity contribution < 1.29 is 33.0 Å². The zero-order valence-electron chi connectivity index (χ0n) is 18.3. The predicted molar refractivity (Wildman–Crippen MR) is 123 cm³/mol. The molecule has 0 radical (unpaired) electrons. The van der Waals surface area contributed by atoms with Crippen molar-refractivity contribution in [2.75, 3.05) is 6.54 Å². The maximum absolute atomic E-state index is 12.6. The molecule has 1 aromatic heterocycles. The molecule has 0 unspecified atom stereocenters. The fourth-order valence-electron chi connectivity index (χ4n) is 4.64. The van der Waals surface area contributed by atoms with Gasteiger partial charge in [-0.05, 0) is 13.3 Å². The Bertz CT molecular complexity index is 1160. The quantitative estimate of drug-likeness (QED) is 0.261. The molecular formula is C19H25N5O7S3. The van der Waals surface area contributed by atoms with E-state index in [1.54, 1.807) is 0 Å². The van der Waals surface area contributed by atoms with Crippen molar-refractivity contribution in [3.8, 4) is 0 Å². The third kappa shape index (κ3) is 4.47. The molecule has 34 heavy (non-hydrogen) atoms. The highest BCUT2D eigenvalue weighted by atomic mass is 32.2. The summed E-state index contributed by atoms with van der Waals surface area (Å²) in [7, 11) is -3.90. The van der Waals surface area contributed by atoms with Crippen molar-refractivity contribution >= 4 is 50.9 Å². The molecule has 12 nitrogen and oxygen atoms in total. The predicted octanol–water partition coefficient (Wildman–Crippen LogP) is -0.976. The van der Waals surface area contributed by atoms with E-state index < -0.39 is 34.1 Å². The molecule has 2 fully saturated rings. The molecule has 0 saturated carbocycles. The Labute approximate surface area is 204 Å². The summed E-state index contributed by atoms with van der Waals surface area (Å²) in [6.45, 7) is 3.91. The van der Waals surface area contributed by atoms with Crippen molar-refractivity contribution in [1.29, 1.82) is 0 Å². The van der Waals surface area contributed by atoms with Gasteiger partial charge in [0.15, 0.2) is 5.03 Å². The van der Waals surface area contributed by atoms with Gasteiger partial charge in [0, 0.05) is 28.0 Å². The minimum atomic E-state index is -3.90. The highest BCUT2D eigenvalue weighted by molar-refractivity contribution is 8.03. The van der Waals surface area contributed by atoms with Crippen LogP contribution in [0.2, 0.25) is 0 Å². The van der Waals surface area contributed by atoms with E-state index in [1.165, 1.54) is 29.0 Å². The van der Waals surface area contributed by atoms with Crippen LogP contribution in [0.25, 0.3) is 0 Å². The number of hydrogen-bond donors (Lipinski definition) is 5. The lowest BCUT2D eigenvalue weighted by molar-refractivity contribution is -0.163. The fraction of sp³-hybridized carbons (Fsp3) is 0.579. The molecule has 3 aliphatic heterocycles. The second-order valence-corrected chi connectivity index (χ2v) is 12.3. The number of β-lactam (4-membered cyclic amide) rings is 1. The van der Waals surface area contributed by atoms with Gasteiger partial charge in [0.1, 0.15) is 10.7 Å². The number of nitrogens with two attached hydrogens (primary N) is 1. The number of aliphatic hydroxyl groups is 1. The van der Waals surface area contributed by atoms with Crippen LogP contribution in [0.4, 0.5) is 0 Å². The Morgan fingerprint density at radius 2 is 2.18 bits per heavy atom. The second kappa shape index (κ2) is 9.20. The monoisotopic (exact) mass is 531 g/mol. The minimum Gasteiger partial charge on any atom is -0.477 e. The molecule has 0 aromatic carbocycles. The van der Waals surface area contributed by atoms with Crippen LogP contribution < -0.4 is 15.8 Å². The summed E-state index contributed by atoms with van der Waals surface area (Å²) in [6, 6.07) is -0.889. The lowest BCUT2D eigenvalue weighted by atomic mass is 9.79. The number of hydrogen-bond acceptors (Lipinski definition) is 10. The Morgan fingerprint density at radius 1 is 1.47 bits per heavy atom. The molecule has 6 atom stereocenters. The molecule has 0 aliphatic carbocycles. The van der Waals surface area contributed by atoms with Crippen molar-refractivity contribution in [3.05, 3.63) is 21.0 Å². The average molecular weight is 532 g/mol. The molecule has 186 valence electrons. The zero-order chi connectivity index (χ0) is 24.9. The third-order valence-corrected chi connectivity index (χ3v) is 9.55. The number of rotatable bonds is 8. The van der Waals surface area contributed by atoms with Gasteiger partial charge in [-0.15, -0.1) is 23.1 Å². The van der Waals surface area contributed by atoms with Crippen LogP contribution in [-0.4, -0.2) is 76.3 Å². The smallest absolute Gasteiger partial charge is 0.353 e. The molecule has 1 aromatic rings. The van der Waals surface area contributed by atoms with E-state index in [0.717, 1.165) is 11.3 Å². The summed E-state index contributed by atoms with van der Waals surface area (Å²) in [4.78, 5) is 42.7. The van der Waals surface area contributed by atoms with Gasteiger partial charge in [0.2, 0.25) is 11.8 Å². The van der Waals surface area contributed by atoms with E-state index in [1.807, 2.05) is 6.92 Å². The van der Waals surface area contributed by atoms with E-state index in [2.05, 4.69) is 15.6 Å². The maximum atomic E-state index is 12.6. The molecule has 4 heterocycles. The summed E-state index contributed by atoms with van der Waals surface area (Å²) in [5.74, 6) is -2.70. The molecule has 4 rings (SSSR count). The first-order valence-corrected chi connectivity index (χ1v) is 13.8. The van der Waals surface area contributed by atoms with Crippen LogP contribution in [0.1, 0.15) is 25.3 Å². The molecular weight excluding hydrogens is 506 g/mol. The van der Waals surface area contributed by atoms with Crippen molar-refractivity contribution in [1.82, 2.24) is 20.5 Å². The number of carbonyl (C=O) groups is 3. The number of aliphatic carboxylic acids is 1. The van der Waals surface area contributed by atoms with Gasteiger partial charge in [0.05, 0.1) is 30.7 Å². The first-order chi connectivity index (χ1) is 15.9. The van der Waals surface area contributed by atoms with Gasteiger partial charge in [-0.3, -0.25) is 9.59 Å². The van der Waals surface area contributed by atoms with Gasteiger partial charge in [-0.1, -0.05) is 6.92 Å². The highest BCUT2D eigenvalue weighted by Gasteiger charge is 2.60. The topological polar surface area (TPSA) is 192 Å². The summed E-state index contributed by atoms with van der Waals surface area (Å²) in [6.07, 6.45) is -0.422. The van der Waals surface area contributed by atoms with Crippen LogP contribution in [0.5, 0.6) is 0 Å². The number of thiazole rings is 1. The second-order valence-electron chi connectivity index (χ2n) is 8.55.